The van der Waals surface area contributed by atoms with Crippen molar-refractivity contribution in [2.24, 2.45) is 0 Å². The molecule has 2 aromatic rings. The number of benzene rings is 1. The zero-order chi connectivity index (χ0) is 14.0. The van der Waals surface area contributed by atoms with E-state index in [0.29, 0.717) is 11.9 Å². The van der Waals surface area contributed by atoms with Crippen molar-refractivity contribution in [3.63, 3.8) is 0 Å². The van der Waals surface area contributed by atoms with Crippen molar-refractivity contribution >= 4 is 38.6 Å². The minimum atomic E-state index is 0.391. The monoisotopic (exact) mass is 343 g/mol. The highest BCUT2D eigenvalue weighted by atomic mass is 79.9. The summed E-state index contributed by atoms with van der Waals surface area (Å²) in [7, 11) is 4.19. The molecule has 104 valence electrons. The number of imidazole rings is 1. The summed E-state index contributed by atoms with van der Waals surface area (Å²) in [5.41, 5.74) is 2.16. The molecule has 5 heteroatoms. The Kier molecular flexibility index (Phi) is 4.87. The van der Waals surface area contributed by atoms with Gasteiger partial charge in [0.2, 0.25) is 0 Å². The van der Waals surface area contributed by atoms with Crippen LogP contribution in [-0.4, -0.2) is 35.1 Å². The van der Waals surface area contributed by atoms with E-state index in [-0.39, 0.29) is 0 Å². The first-order valence-corrected chi connectivity index (χ1v) is 7.72. The number of hydrogen-bond acceptors (Lipinski definition) is 2. The summed E-state index contributed by atoms with van der Waals surface area (Å²) in [5.74, 6) is 1.39. The Morgan fingerprint density at radius 2 is 2.16 bits per heavy atom. The molecule has 2 rings (SSSR count). The van der Waals surface area contributed by atoms with Crippen LogP contribution in [0.1, 0.15) is 25.2 Å². The van der Waals surface area contributed by atoms with Gasteiger partial charge in [0.1, 0.15) is 5.82 Å². The van der Waals surface area contributed by atoms with Crippen LogP contribution in [0, 0.1) is 0 Å². The molecule has 0 spiro atoms. The maximum absolute atomic E-state index is 6.04. The van der Waals surface area contributed by atoms with E-state index in [0.717, 1.165) is 34.3 Å². The van der Waals surface area contributed by atoms with E-state index >= 15 is 0 Å². The number of fused-ring (bicyclic) bond motifs is 1. The van der Waals surface area contributed by atoms with Crippen molar-refractivity contribution in [2.45, 2.75) is 25.3 Å². The van der Waals surface area contributed by atoms with Crippen LogP contribution in [0.2, 0.25) is 0 Å². The van der Waals surface area contributed by atoms with Crippen molar-refractivity contribution in [1.29, 1.82) is 0 Å². The lowest BCUT2D eigenvalue weighted by molar-refractivity contribution is 0.358. The lowest BCUT2D eigenvalue weighted by Gasteiger charge is -2.19. The number of rotatable bonds is 5. The van der Waals surface area contributed by atoms with E-state index in [1.807, 2.05) is 6.07 Å². The van der Waals surface area contributed by atoms with Crippen molar-refractivity contribution in [2.75, 3.05) is 20.6 Å². The summed E-state index contributed by atoms with van der Waals surface area (Å²) in [6, 6.07) is 6.59. The molecule has 1 unspecified atom stereocenters. The Morgan fingerprint density at radius 3 is 2.79 bits per heavy atom. The van der Waals surface area contributed by atoms with Crippen LogP contribution in [-0.2, 0) is 5.88 Å². The van der Waals surface area contributed by atoms with Gasteiger partial charge in [-0.15, -0.1) is 11.6 Å². The third-order valence-electron chi connectivity index (χ3n) is 3.28. The number of hydrogen-bond donors (Lipinski definition) is 0. The highest BCUT2D eigenvalue weighted by Crippen LogP contribution is 2.26. The molecule has 1 heterocycles. The molecule has 1 aromatic carbocycles. The molecule has 1 atom stereocenters. The molecule has 3 nitrogen and oxygen atoms in total. The van der Waals surface area contributed by atoms with Crippen LogP contribution in [0.15, 0.2) is 22.7 Å². The molecule has 0 N–H and O–H groups in total. The fourth-order valence-corrected chi connectivity index (χ4v) is 2.82. The van der Waals surface area contributed by atoms with Crippen LogP contribution in [0.4, 0.5) is 0 Å². The molecule has 0 saturated carbocycles. The van der Waals surface area contributed by atoms with Crippen LogP contribution < -0.4 is 0 Å². The predicted molar refractivity (Wildman–Crippen MR) is 84.9 cm³/mol. The van der Waals surface area contributed by atoms with Gasteiger partial charge in [0.05, 0.1) is 16.9 Å². The smallest absolute Gasteiger partial charge is 0.125 e. The highest BCUT2D eigenvalue weighted by molar-refractivity contribution is 9.10. The van der Waals surface area contributed by atoms with Gasteiger partial charge >= 0.3 is 0 Å². The highest BCUT2D eigenvalue weighted by Gasteiger charge is 2.15. The molecule has 1 aromatic heterocycles. The minimum Gasteiger partial charge on any atom is -0.324 e. The van der Waals surface area contributed by atoms with Gasteiger partial charge < -0.3 is 9.47 Å². The van der Waals surface area contributed by atoms with Gasteiger partial charge in [0, 0.05) is 10.5 Å². The fraction of sp³-hybridized carbons (Fsp3) is 0.500. The predicted octanol–water partition coefficient (Wildman–Crippen LogP) is 4.05. The largest absolute Gasteiger partial charge is 0.324 e. The first kappa shape index (κ1) is 14.8. The first-order valence-electron chi connectivity index (χ1n) is 6.40. The van der Waals surface area contributed by atoms with Gasteiger partial charge in [-0.2, -0.15) is 0 Å². The van der Waals surface area contributed by atoms with Crippen LogP contribution in [0.25, 0.3) is 11.0 Å². The van der Waals surface area contributed by atoms with E-state index in [2.05, 4.69) is 63.5 Å². The van der Waals surface area contributed by atoms with Crippen LogP contribution >= 0.6 is 27.5 Å². The Hall–Kier alpha value is -0.580. The minimum absolute atomic E-state index is 0.391. The molecular weight excluding hydrogens is 326 g/mol. The molecule has 0 aliphatic heterocycles. The van der Waals surface area contributed by atoms with Crippen molar-refractivity contribution in [3.05, 3.63) is 28.5 Å². The second-order valence-corrected chi connectivity index (χ2v) is 6.29. The molecule has 0 aliphatic carbocycles. The van der Waals surface area contributed by atoms with E-state index in [4.69, 9.17) is 11.6 Å². The van der Waals surface area contributed by atoms with E-state index < -0.39 is 0 Å². The van der Waals surface area contributed by atoms with Crippen molar-refractivity contribution in [1.82, 2.24) is 14.5 Å². The van der Waals surface area contributed by atoms with Gasteiger partial charge in [0.15, 0.2) is 0 Å². The van der Waals surface area contributed by atoms with Gasteiger partial charge in [0.25, 0.3) is 0 Å². The fourth-order valence-electron chi connectivity index (χ4n) is 2.28. The molecule has 0 bridgehead atoms. The summed E-state index contributed by atoms with van der Waals surface area (Å²) >= 11 is 9.53. The Balaban J connectivity index is 2.39. The molecular formula is C14H19BrClN3. The number of nitrogens with zero attached hydrogens (tertiary/aromatic N) is 3. The van der Waals surface area contributed by atoms with Crippen LogP contribution in [0.3, 0.4) is 0 Å². The summed E-state index contributed by atoms with van der Waals surface area (Å²) in [4.78, 5) is 6.83. The lowest BCUT2D eigenvalue weighted by Crippen LogP contribution is -2.18. The van der Waals surface area contributed by atoms with Crippen molar-refractivity contribution < 1.29 is 0 Å². The second-order valence-electron chi connectivity index (χ2n) is 5.11. The topological polar surface area (TPSA) is 21.1 Å². The molecule has 0 aliphatic rings. The molecule has 0 saturated heterocycles. The third kappa shape index (κ3) is 3.30. The third-order valence-corrected chi connectivity index (χ3v) is 4.01. The molecule has 0 radical (unpaired) electrons. The summed E-state index contributed by atoms with van der Waals surface area (Å²) in [6.07, 6.45) is 1.08. The van der Waals surface area contributed by atoms with E-state index in [9.17, 15) is 0 Å². The summed E-state index contributed by atoms with van der Waals surface area (Å²) in [6.45, 7) is 3.28. The number of aromatic nitrogens is 2. The van der Waals surface area contributed by atoms with Gasteiger partial charge in [-0.3, -0.25) is 0 Å². The molecule has 0 fully saturated rings. The molecule has 0 amide bonds. The quantitative estimate of drug-likeness (QED) is 0.763. The average Bonchev–Trinajstić information content (AvgIpc) is 2.73. The lowest BCUT2D eigenvalue weighted by atomic mass is 10.2. The van der Waals surface area contributed by atoms with E-state index in [1.54, 1.807) is 0 Å². The maximum atomic E-state index is 6.04. The number of alkyl halides is 1. The summed E-state index contributed by atoms with van der Waals surface area (Å²) < 4.78 is 3.31. The number of halogens is 2. The van der Waals surface area contributed by atoms with Gasteiger partial charge in [-0.25, -0.2) is 4.98 Å². The average molecular weight is 345 g/mol. The Bertz CT molecular complexity index is 565. The Morgan fingerprint density at radius 1 is 1.42 bits per heavy atom. The second kappa shape index (κ2) is 6.25. The van der Waals surface area contributed by atoms with E-state index in [1.165, 1.54) is 0 Å². The normalized spacial score (nSPS) is 13.4. The van der Waals surface area contributed by atoms with Gasteiger partial charge in [-0.05, 0) is 52.2 Å². The molecule has 19 heavy (non-hydrogen) atoms. The summed E-state index contributed by atoms with van der Waals surface area (Å²) in [5, 5.41) is 0. The van der Waals surface area contributed by atoms with Crippen LogP contribution in [0.5, 0.6) is 0 Å². The zero-order valence-electron chi connectivity index (χ0n) is 11.5. The van der Waals surface area contributed by atoms with Gasteiger partial charge in [-0.1, -0.05) is 15.9 Å². The Labute approximate surface area is 127 Å². The zero-order valence-corrected chi connectivity index (χ0v) is 13.9. The van der Waals surface area contributed by atoms with Crippen molar-refractivity contribution in [3.8, 4) is 0 Å². The maximum Gasteiger partial charge on any atom is 0.125 e. The standard InChI is InChI=1S/C14H19BrClN3/c1-10(6-7-18(2)3)19-13-5-4-11(15)8-12(13)17-14(19)9-16/h4-5,8,10H,6-7,9H2,1-3H3. The first-order chi connectivity index (χ1) is 9.02. The SMILES string of the molecule is CC(CCN(C)C)n1c(CCl)nc2cc(Br)ccc21.